The number of carbonyl (C=O) groups is 2. The summed E-state index contributed by atoms with van der Waals surface area (Å²) in [5, 5.41) is 2.79. The summed E-state index contributed by atoms with van der Waals surface area (Å²) in [4.78, 5) is 26.7. The van der Waals surface area contributed by atoms with Gasteiger partial charge in [-0.1, -0.05) is 17.7 Å². The van der Waals surface area contributed by atoms with E-state index in [1.54, 1.807) is 17.0 Å². The minimum absolute atomic E-state index is 0.0676. The molecule has 160 valence electrons. The molecule has 30 heavy (non-hydrogen) atoms. The lowest BCUT2D eigenvalue weighted by Crippen LogP contribution is -2.28. The predicted molar refractivity (Wildman–Crippen MR) is 116 cm³/mol. The first-order valence-corrected chi connectivity index (χ1v) is 11.2. The molecule has 0 radical (unpaired) electrons. The normalized spacial score (nSPS) is 16.4. The van der Waals surface area contributed by atoms with Crippen molar-refractivity contribution >= 4 is 38.9 Å². The van der Waals surface area contributed by atoms with Gasteiger partial charge in [-0.2, -0.15) is 0 Å². The maximum Gasteiger partial charge on any atom is 0.232 e. The molecule has 9 heteroatoms. The molecule has 1 heterocycles. The molecule has 3 rings (SSSR count). The molecule has 2 N–H and O–H groups in total. The van der Waals surface area contributed by atoms with Crippen LogP contribution in [-0.2, 0) is 19.6 Å². The second kappa shape index (κ2) is 8.74. The smallest absolute Gasteiger partial charge is 0.232 e. The third-order valence-corrected chi connectivity index (χ3v) is 6.25. The van der Waals surface area contributed by atoms with Gasteiger partial charge in [0.25, 0.3) is 0 Å². The zero-order valence-corrected chi connectivity index (χ0v) is 18.0. The van der Waals surface area contributed by atoms with Gasteiger partial charge >= 0.3 is 0 Å². The molecule has 1 fully saturated rings. The average Bonchev–Trinajstić information content (AvgIpc) is 3.11. The van der Waals surface area contributed by atoms with Crippen molar-refractivity contribution < 1.29 is 22.7 Å². The molecule has 2 aromatic rings. The first-order chi connectivity index (χ1) is 14.2. The Kier molecular flexibility index (Phi) is 6.31. The van der Waals surface area contributed by atoms with Gasteiger partial charge in [0.2, 0.25) is 21.8 Å². The minimum Gasteiger partial charge on any atom is -0.494 e. The maximum absolute atomic E-state index is 12.7. The number of hydrogen-bond acceptors (Lipinski definition) is 5. The van der Waals surface area contributed by atoms with E-state index in [2.05, 4.69) is 10.0 Å². The predicted octanol–water partition coefficient (Wildman–Crippen LogP) is 2.76. The number of nitrogens with one attached hydrogen (secondary N) is 2. The Hall–Kier alpha value is -3.07. The average molecular weight is 432 g/mol. The van der Waals surface area contributed by atoms with Gasteiger partial charge in [-0.15, -0.1) is 0 Å². The highest BCUT2D eigenvalue weighted by atomic mass is 32.2. The molecular weight excluding hydrogens is 406 g/mol. The summed E-state index contributed by atoms with van der Waals surface area (Å²) in [6.45, 7) is 3.81. The van der Waals surface area contributed by atoms with Crippen molar-refractivity contribution in [2.75, 3.05) is 34.3 Å². The Labute approximate surface area is 176 Å². The number of aryl methyl sites for hydroxylation is 1. The van der Waals surface area contributed by atoms with Crippen LogP contribution in [0, 0.1) is 12.8 Å². The summed E-state index contributed by atoms with van der Waals surface area (Å²) in [5.74, 6) is -0.638. The van der Waals surface area contributed by atoms with Crippen molar-refractivity contribution in [3.05, 3.63) is 48.0 Å². The van der Waals surface area contributed by atoms with Crippen LogP contribution in [0.3, 0.4) is 0 Å². The first-order valence-electron chi connectivity index (χ1n) is 9.59. The Morgan fingerprint density at radius 2 is 1.90 bits per heavy atom. The fourth-order valence-corrected chi connectivity index (χ4v) is 3.84. The van der Waals surface area contributed by atoms with E-state index in [4.69, 9.17) is 4.74 Å². The first kappa shape index (κ1) is 21.6. The van der Waals surface area contributed by atoms with Crippen LogP contribution >= 0.6 is 0 Å². The van der Waals surface area contributed by atoms with Crippen molar-refractivity contribution in [3.8, 4) is 5.75 Å². The summed E-state index contributed by atoms with van der Waals surface area (Å²) in [5.41, 5.74) is 2.62. The van der Waals surface area contributed by atoms with E-state index in [0.29, 0.717) is 17.9 Å². The highest BCUT2D eigenvalue weighted by Gasteiger charge is 2.35. The lowest BCUT2D eigenvalue weighted by Gasteiger charge is -2.17. The van der Waals surface area contributed by atoms with Gasteiger partial charge in [-0.3, -0.25) is 14.3 Å². The summed E-state index contributed by atoms with van der Waals surface area (Å²) in [6.07, 6.45) is 0.130. The molecule has 1 atom stereocenters. The Morgan fingerprint density at radius 1 is 1.20 bits per heavy atom. The number of hydrogen-bond donors (Lipinski definition) is 2. The Morgan fingerprint density at radius 3 is 2.53 bits per heavy atom. The fourth-order valence-electron chi connectivity index (χ4n) is 3.19. The van der Waals surface area contributed by atoms with Gasteiger partial charge in [0.05, 0.1) is 24.5 Å². The number of carbonyl (C=O) groups excluding carboxylic acids is 2. The third kappa shape index (κ3) is 4.91. The quantitative estimate of drug-likeness (QED) is 0.701. The fraction of sp³-hybridized carbons (Fsp3) is 0.333. The lowest BCUT2D eigenvalue weighted by molar-refractivity contribution is -0.122. The molecular formula is C21H25N3O5S. The standard InChI is InChI=1S/C21H25N3O5S/c1-4-30(27,28)23-18-10-7-16(12-19(18)29-3)22-21(26)15-11-20(25)24(13-15)17-8-5-14(2)6-9-17/h5-10,12,15,23H,4,11,13H2,1-3H3,(H,22,26). The van der Waals surface area contributed by atoms with E-state index in [1.807, 2.05) is 31.2 Å². The molecule has 0 aliphatic carbocycles. The zero-order valence-electron chi connectivity index (χ0n) is 17.1. The monoisotopic (exact) mass is 431 g/mol. The molecule has 2 amide bonds. The second-order valence-corrected chi connectivity index (χ2v) is 9.16. The van der Waals surface area contributed by atoms with Crippen molar-refractivity contribution in [3.63, 3.8) is 0 Å². The molecule has 2 aromatic carbocycles. The van der Waals surface area contributed by atoms with Gasteiger partial charge < -0.3 is 15.0 Å². The van der Waals surface area contributed by atoms with E-state index < -0.39 is 15.9 Å². The molecule has 0 spiro atoms. The van der Waals surface area contributed by atoms with Gasteiger partial charge in [-0.25, -0.2) is 8.42 Å². The molecule has 1 saturated heterocycles. The number of anilines is 3. The second-order valence-electron chi connectivity index (χ2n) is 7.15. The number of nitrogens with zero attached hydrogens (tertiary/aromatic N) is 1. The van der Waals surface area contributed by atoms with Crippen LogP contribution in [-0.4, -0.2) is 39.6 Å². The number of ether oxygens (including phenoxy) is 1. The number of sulfonamides is 1. The van der Waals surface area contributed by atoms with Crippen LogP contribution in [0.2, 0.25) is 0 Å². The molecule has 0 saturated carbocycles. The molecule has 8 nitrogen and oxygen atoms in total. The minimum atomic E-state index is -3.46. The van der Waals surface area contributed by atoms with Crippen molar-refractivity contribution in [2.24, 2.45) is 5.92 Å². The summed E-state index contributed by atoms with van der Waals surface area (Å²) in [6, 6.07) is 12.2. The number of benzene rings is 2. The number of rotatable bonds is 7. The lowest BCUT2D eigenvalue weighted by atomic mass is 10.1. The van der Waals surface area contributed by atoms with Crippen LogP contribution in [0.1, 0.15) is 18.9 Å². The molecule has 0 bridgehead atoms. The van der Waals surface area contributed by atoms with Crippen molar-refractivity contribution in [1.29, 1.82) is 0 Å². The van der Waals surface area contributed by atoms with Crippen molar-refractivity contribution in [1.82, 2.24) is 0 Å². The van der Waals surface area contributed by atoms with Gasteiger partial charge in [0.15, 0.2) is 0 Å². The maximum atomic E-state index is 12.7. The largest absolute Gasteiger partial charge is 0.494 e. The molecule has 0 aromatic heterocycles. The molecule has 1 unspecified atom stereocenters. The zero-order chi connectivity index (χ0) is 21.9. The summed E-state index contributed by atoms with van der Waals surface area (Å²) >= 11 is 0. The van der Waals surface area contributed by atoms with Crippen LogP contribution in [0.25, 0.3) is 0 Å². The highest BCUT2D eigenvalue weighted by Crippen LogP contribution is 2.30. The van der Waals surface area contributed by atoms with E-state index in [-0.39, 0.29) is 29.7 Å². The molecule has 1 aliphatic rings. The third-order valence-electron chi connectivity index (χ3n) is 4.96. The van der Waals surface area contributed by atoms with E-state index in [9.17, 15) is 18.0 Å². The van der Waals surface area contributed by atoms with Crippen LogP contribution in [0.15, 0.2) is 42.5 Å². The van der Waals surface area contributed by atoms with E-state index in [0.717, 1.165) is 11.3 Å². The van der Waals surface area contributed by atoms with Crippen LogP contribution < -0.4 is 19.7 Å². The van der Waals surface area contributed by atoms with Crippen molar-refractivity contribution in [2.45, 2.75) is 20.3 Å². The van der Waals surface area contributed by atoms with Crippen LogP contribution in [0.5, 0.6) is 5.75 Å². The number of methoxy groups -OCH3 is 1. The number of amides is 2. The summed E-state index contributed by atoms with van der Waals surface area (Å²) < 4.78 is 31.3. The summed E-state index contributed by atoms with van der Waals surface area (Å²) in [7, 11) is -2.04. The molecule has 1 aliphatic heterocycles. The topological polar surface area (TPSA) is 105 Å². The van der Waals surface area contributed by atoms with Gasteiger partial charge in [0.1, 0.15) is 5.75 Å². The Bertz CT molecular complexity index is 1050. The van der Waals surface area contributed by atoms with E-state index >= 15 is 0 Å². The van der Waals surface area contributed by atoms with E-state index in [1.165, 1.54) is 20.1 Å². The van der Waals surface area contributed by atoms with Gasteiger partial charge in [0, 0.05) is 30.4 Å². The SMILES string of the molecule is CCS(=O)(=O)Nc1ccc(NC(=O)C2CC(=O)N(c3ccc(C)cc3)C2)cc1OC. The Balaban J connectivity index is 1.70. The van der Waals surface area contributed by atoms with Gasteiger partial charge in [-0.05, 0) is 38.1 Å². The highest BCUT2D eigenvalue weighted by molar-refractivity contribution is 7.92. The van der Waals surface area contributed by atoms with Crippen LogP contribution in [0.4, 0.5) is 17.1 Å².